The highest BCUT2D eigenvalue weighted by molar-refractivity contribution is 5.86. The SMILES string of the molecule is Cc1cc(-c2cc3cnc(N[C@H]4CCCOC4)cc3[nH]2)ccn1. The van der Waals surface area contributed by atoms with Crippen molar-refractivity contribution in [3.8, 4) is 11.3 Å². The Morgan fingerprint density at radius 2 is 2.22 bits per heavy atom. The van der Waals surface area contributed by atoms with Crippen molar-refractivity contribution in [1.29, 1.82) is 0 Å². The van der Waals surface area contributed by atoms with Crippen LogP contribution in [0.25, 0.3) is 22.2 Å². The van der Waals surface area contributed by atoms with E-state index in [2.05, 4.69) is 38.5 Å². The molecule has 1 aliphatic rings. The minimum atomic E-state index is 0.353. The Labute approximate surface area is 135 Å². The van der Waals surface area contributed by atoms with Gasteiger partial charge in [0.25, 0.3) is 0 Å². The molecule has 1 atom stereocenters. The van der Waals surface area contributed by atoms with Crippen molar-refractivity contribution in [2.75, 3.05) is 18.5 Å². The summed E-state index contributed by atoms with van der Waals surface area (Å²) in [6.45, 7) is 3.63. The number of ether oxygens (including phenoxy) is 1. The van der Waals surface area contributed by atoms with Crippen molar-refractivity contribution < 1.29 is 4.74 Å². The van der Waals surface area contributed by atoms with Crippen molar-refractivity contribution >= 4 is 16.7 Å². The maximum Gasteiger partial charge on any atom is 0.128 e. The molecule has 0 radical (unpaired) electrons. The highest BCUT2D eigenvalue weighted by Gasteiger charge is 2.14. The minimum Gasteiger partial charge on any atom is -0.379 e. The number of H-pyrrole nitrogens is 1. The molecule has 0 unspecified atom stereocenters. The summed E-state index contributed by atoms with van der Waals surface area (Å²) < 4.78 is 5.51. The van der Waals surface area contributed by atoms with Crippen LogP contribution in [0.3, 0.4) is 0 Å². The second-order valence-electron chi connectivity index (χ2n) is 6.08. The Hall–Kier alpha value is -2.40. The summed E-state index contributed by atoms with van der Waals surface area (Å²) >= 11 is 0. The molecule has 1 aliphatic heterocycles. The van der Waals surface area contributed by atoms with Gasteiger partial charge in [-0.25, -0.2) is 4.98 Å². The van der Waals surface area contributed by atoms with E-state index in [4.69, 9.17) is 4.74 Å². The number of rotatable bonds is 3. The molecule has 0 bridgehead atoms. The van der Waals surface area contributed by atoms with E-state index in [1.165, 1.54) is 0 Å². The molecule has 3 aromatic rings. The molecule has 1 saturated heterocycles. The maximum absolute atomic E-state index is 5.51. The molecule has 0 spiro atoms. The molecule has 0 aromatic carbocycles. The van der Waals surface area contributed by atoms with Gasteiger partial charge in [-0.1, -0.05) is 0 Å². The van der Waals surface area contributed by atoms with Crippen LogP contribution in [0, 0.1) is 6.92 Å². The third kappa shape index (κ3) is 3.05. The Morgan fingerprint density at radius 1 is 1.26 bits per heavy atom. The van der Waals surface area contributed by atoms with Crippen LogP contribution in [0.5, 0.6) is 0 Å². The van der Waals surface area contributed by atoms with E-state index in [1.54, 1.807) is 0 Å². The fourth-order valence-corrected chi connectivity index (χ4v) is 3.04. The Kier molecular flexibility index (Phi) is 3.71. The molecular weight excluding hydrogens is 288 g/mol. The van der Waals surface area contributed by atoms with Crippen LogP contribution in [0.1, 0.15) is 18.5 Å². The number of aromatic amines is 1. The standard InChI is InChI=1S/C18H20N4O/c1-12-7-13(4-5-19-12)16-8-14-10-20-18(9-17(14)22-16)21-15-3-2-6-23-11-15/h4-5,7-10,15,22H,2-3,6,11H2,1H3,(H,20,21)/t15-/m0/s1. The first-order valence-electron chi connectivity index (χ1n) is 8.04. The highest BCUT2D eigenvalue weighted by atomic mass is 16.5. The van der Waals surface area contributed by atoms with Gasteiger partial charge in [-0.05, 0) is 38.0 Å². The van der Waals surface area contributed by atoms with Gasteiger partial charge in [0.2, 0.25) is 0 Å². The van der Waals surface area contributed by atoms with E-state index in [0.29, 0.717) is 6.04 Å². The largest absolute Gasteiger partial charge is 0.379 e. The average molecular weight is 308 g/mol. The first kappa shape index (κ1) is 14.2. The van der Waals surface area contributed by atoms with E-state index in [0.717, 1.165) is 59.7 Å². The molecule has 3 aromatic heterocycles. The lowest BCUT2D eigenvalue weighted by Crippen LogP contribution is -2.30. The van der Waals surface area contributed by atoms with Gasteiger partial charge in [0.05, 0.1) is 18.2 Å². The second kappa shape index (κ2) is 6.01. The molecule has 5 nitrogen and oxygen atoms in total. The first-order chi connectivity index (χ1) is 11.3. The second-order valence-corrected chi connectivity index (χ2v) is 6.08. The molecule has 0 amide bonds. The van der Waals surface area contributed by atoms with Crippen LogP contribution in [-0.4, -0.2) is 34.2 Å². The van der Waals surface area contributed by atoms with Crippen LogP contribution >= 0.6 is 0 Å². The van der Waals surface area contributed by atoms with Crippen LogP contribution in [0.4, 0.5) is 5.82 Å². The van der Waals surface area contributed by atoms with Gasteiger partial charge in [0, 0.05) is 47.4 Å². The predicted molar refractivity (Wildman–Crippen MR) is 91.5 cm³/mol. The Morgan fingerprint density at radius 3 is 3.04 bits per heavy atom. The number of nitrogens with zero attached hydrogens (tertiary/aromatic N) is 2. The third-order valence-electron chi connectivity index (χ3n) is 4.22. The number of aryl methyl sites for hydroxylation is 1. The molecule has 118 valence electrons. The lowest BCUT2D eigenvalue weighted by molar-refractivity contribution is 0.0875. The Bertz CT molecular complexity index is 821. The predicted octanol–water partition coefficient (Wildman–Crippen LogP) is 3.52. The number of nitrogens with one attached hydrogen (secondary N) is 2. The zero-order valence-electron chi connectivity index (χ0n) is 13.2. The molecule has 5 heteroatoms. The smallest absolute Gasteiger partial charge is 0.128 e. The number of fused-ring (bicyclic) bond motifs is 1. The zero-order chi connectivity index (χ0) is 15.6. The third-order valence-corrected chi connectivity index (χ3v) is 4.22. The summed E-state index contributed by atoms with van der Waals surface area (Å²) in [5.74, 6) is 0.896. The molecule has 4 rings (SSSR count). The summed E-state index contributed by atoms with van der Waals surface area (Å²) in [7, 11) is 0. The van der Waals surface area contributed by atoms with Gasteiger partial charge in [-0.3, -0.25) is 4.98 Å². The molecule has 0 aliphatic carbocycles. The van der Waals surface area contributed by atoms with Gasteiger partial charge >= 0.3 is 0 Å². The summed E-state index contributed by atoms with van der Waals surface area (Å²) in [6.07, 6.45) is 5.99. The summed E-state index contributed by atoms with van der Waals surface area (Å²) in [5, 5.41) is 4.58. The number of hydrogen-bond acceptors (Lipinski definition) is 4. The minimum absolute atomic E-state index is 0.353. The molecule has 2 N–H and O–H groups in total. The van der Waals surface area contributed by atoms with Gasteiger partial charge < -0.3 is 15.0 Å². The van der Waals surface area contributed by atoms with Crippen molar-refractivity contribution in [2.45, 2.75) is 25.8 Å². The van der Waals surface area contributed by atoms with Crippen molar-refractivity contribution in [3.05, 3.63) is 42.4 Å². The van der Waals surface area contributed by atoms with Gasteiger partial charge in [0.15, 0.2) is 0 Å². The Balaban J connectivity index is 1.61. The normalized spacial score (nSPS) is 18.2. The maximum atomic E-state index is 5.51. The van der Waals surface area contributed by atoms with Gasteiger partial charge in [-0.15, -0.1) is 0 Å². The topological polar surface area (TPSA) is 62.8 Å². The van der Waals surface area contributed by atoms with Crippen molar-refractivity contribution in [3.63, 3.8) is 0 Å². The molecule has 23 heavy (non-hydrogen) atoms. The lowest BCUT2D eigenvalue weighted by Gasteiger charge is -2.23. The zero-order valence-corrected chi connectivity index (χ0v) is 13.2. The van der Waals surface area contributed by atoms with Gasteiger partial charge in [-0.2, -0.15) is 0 Å². The molecule has 0 saturated carbocycles. The van der Waals surface area contributed by atoms with E-state index < -0.39 is 0 Å². The van der Waals surface area contributed by atoms with E-state index in [-0.39, 0.29) is 0 Å². The summed E-state index contributed by atoms with van der Waals surface area (Å²) in [5.41, 5.74) is 4.33. The van der Waals surface area contributed by atoms with E-state index >= 15 is 0 Å². The van der Waals surface area contributed by atoms with Crippen LogP contribution in [0.15, 0.2) is 36.7 Å². The molecule has 4 heterocycles. The first-order valence-corrected chi connectivity index (χ1v) is 8.04. The fourth-order valence-electron chi connectivity index (χ4n) is 3.04. The summed E-state index contributed by atoms with van der Waals surface area (Å²) in [6, 6.07) is 8.65. The highest BCUT2D eigenvalue weighted by Crippen LogP contribution is 2.25. The van der Waals surface area contributed by atoms with Crippen molar-refractivity contribution in [1.82, 2.24) is 15.0 Å². The summed E-state index contributed by atoms with van der Waals surface area (Å²) in [4.78, 5) is 12.3. The number of anilines is 1. The van der Waals surface area contributed by atoms with Crippen molar-refractivity contribution in [2.24, 2.45) is 0 Å². The van der Waals surface area contributed by atoms with Crippen LogP contribution in [-0.2, 0) is 4.74 Å². The van der Waals surface area contributed by atoms with Crippen LogP contribution in [0.2, 0.25) is 0 Å². The average Bonchev–Trinajstić information content (AvgIpc) is 2.99. The van der Waals surface area contributed by atoms with Crippen LogP contribution < -0.4 is 5.32 Å². The number of pyridine rings is 2. The van der Waals surface area contributed by atoms with E-state index in [9.17, 15) is 0 Å². The molecule has 1 fully saturated rings. The fraction of sp³-hybridized carbons (Fsp3) is 0.333. The molecular formula is C18H20N4O. The lowest BCUT2D eigenvalue weighted by atomic mass is 10.1. The quantitative estimate of drug-likeness (QED) is 0.777. The monoisotopic (exact) mass is 308 g/mol. The number of hydrogen-bond donors (Lipinski definition) is 2. The number of aromatic nitrogens is 3. The van der Waals surface area contributed by atoms with Gasteiger partial charge in [0.1, 0.15) is 5.82 Å². The van der Waals surface area contributed by atoms with E-state index in [1.807, 2.05) is 25.4 Å².